The number of piperazine rings is 2. The van der Waals surface area contributed by atoms with Gasteiger partial charge in [-0.3, -0.25) is 43.8 Å². The zero-order valence-electron chi connectivity index (χ0n) is 51.0. The first-order valence-corrected chi connectivity index (χ1v) is 32.2. The van der Waals surface area contributed by atoms with Crippen LogP contribution in [0.15, 0.2) is 97.3 Å². The lowest BCUT2D eigenvalue weighted by atomic mass is 9.79. The van der Waals surface area contributed by atoms with Gasteiger partial charge in [-0.25, -0.2) is 0 Å². The number of amides is 4. The van der Waals surface area contributed by atoms with E-state index in [9.17, 15) is 19.2 Å². The summed E-state index contributed by atoms with van der Waals surface area (Å²) in [5, 5.41) is 1.46. The smallest absolute Gasteiger partial charge is 0.227 e. The van der Waals surface area contributed by atoms with Crippen molar-refractivity contribution < 1.29 is 19.2 Å². The third-order valence-corrected chi connectivity index (χ3v) is 20.5. The van der Waals surface area contributed by atoms with Crippen molar-refractivity contribution in [3.05, 3.63) is 135 Å². The van der Waals surface area contributed by atoms with Gasteiger partial charge in [-0.05, 0) is 119 Å². The zero-order valence-corrected chi connectivity index (χ0v) is 52.5. The third kappa shape index (κ3) is 15.6. The number of likely N-dealkylation sites (tertiary alicyclic amines) is 2. The Labute approximate surface area is 507 Å². The van der Waals surface area contributed by atoms with Gasteiger partial charge in [-0.2, -0.15) is 0 Å². The second-order valence-corrected chi connectivity index (χ2v) is 26.8. The summed E-state index contributed by atoms with van der Waals surface area (Å²) in [7, 11) is 0. The molecule has 13 nitrogen and oxygen atoms in total. The van der Waals surface area contributed by atoms with E-state index in [4.69, 9.17) is 23.2 Å². The van der Waals surface area contributed by atoms with Crippen LogP contribution in [0.3, 0.4) is 0 Å². The highest BCUT2D eigenvalue weighted by atomic mass is 35.5. The molecule has 0 N–H and O–H groups in total. The number of benzene rings is 3. The van der Waals surface area contributed by atoms with E-state index in [-0.39, 0.29) is 52.5 Å². The molecule has 0 bridgehead atoms. The molecule has 6 aliphatic rings. The molecule has 1 aromatic heterocycles. The fraction of sp³-hybridized carbons (Fsp3) is 0.603. The van der Waals surface area contributed by atoms with Crippen LogP contribution in [0.1, 0.15) is 145 Å². The maximum Gasteiger partial charge on any atom is 0.227 e. The Hall–Kier alpha value is -4.89. The van der Waals surface area contributed by atoms with Gasteiger partial charge in [0.25, 0.3) is 0 Å². The molecule has 6 fully saturated rings. The second kappa shape index (κ2) is 28.5. The van der Waals surface area contributed by atoms with Crippen molar-refractivity contribution in [3.8, 4) is 0 Å². The van der Waals surface area contributed by atoms with Crippen LogP contribution in [0.5, 0.6) is 0 Å². The Bertz CT molecular complexity index is 2740. The molecular weight excluding hydrogens is 1080 g/mol. The van der Waals surface area contributed by atoms with E-state index in [1.54, 1.807) is 26.2 Å². The number of halogens is 2. The highest BCUT2D eigenvalue weighted by Crippen LogP contribution is 2.41. The second-order valence-electron chi connectivity index (χ2n) is 25.9. The summed E-state index contributed by atoms with van der Waals surface area (Å²) in [6, 6.07) is 29.5. The van der Waals surface area contributed by atoms with Crippen molar-refractivity contribution >= 4 is 46.8 Å². The molecule has 10 rings (SSSR count). The first kappa shape index (κ1) is 62.6. The fourth-order valence-electron chi connectivity index (χ4n) is 14.8. The maximum absolute atomic E-state index is 14.1. The predicted octanol–water partition coefficient (Wildman–Crippen LogP) is 11.0. The topological polar surface area (TPSA) is 107 Å². The minimum Gasteiger partial charge on any atom is -0.340 e. The Morgan fingerprint density at radius 2 is 0.867 bits per heavy atom. The van der Waals surface area contributed by atoms with Crippen LogP contribution < -0.4 is 0 Å². The highest BCUT2D eigenvalue weighted by Gasteiger charge is 2.47. The number of hydrogen-bond acceptors (Lipinski definition) is 9. The minimum atomic E-state index is -0.0395. The maximum atomic E-state index is 14.1. The van der Waals surface area contributed by atoms with Crippen LogP contribution in [-0.2, 0) is 32.3 Å². The van der Waals surface area contributed by atoms with Gasteiger partial charge >= 0.3 is 0 Å². The van der Waals surface area contributed by atoms with E-state index in [2.05, 4.69) is 122 Å². The minimum absolute atomic E-state index is 0.0165. The molecule has 2 aliphatic carbocycles. The van der Waals surface area contributed by atoms with Crippen molar-refractivity contribution in [1.29, 1.82) is 0 Å². The summed E-state index contributed by atoms with van der Waals surface area (Å²) < 4.78 is 0. The van der Waals surface area contributed by atoms with E-state index < -0.39 is 0 Å². The number of nitrogens with zero attached hydrogens (tertiary/aromatic N) is 9. The summed E-state index contributed by atoms with van der Waals surface area (Å²) in [6.07, 6.45) is 15.3. The third-order valence-electron chi connectivity index (χ3n) is 20.0. The quantitative estimate of drug-likeness (QED) is 0.108. The van der Waals surface area contributed by atoms with Crippen LogP contribution in [-0.4, -0.2) is 183 Å². The molecule has 4 atom stereocenters. The lowest BCUT2D eigenvalue weighted by molar-refractivity contribution is -0.140. The lowest BCUT2D eigenvalue weighted by Gasteiger charge is -2.51. The summed E-state index contributed by atoms with van der Waals surface area (Å²) >= 11 is 12.4. The van der Waals surface area contributed by atoms with Gasteiger partial charge < -0.3 is 19.6 Å². The summed E-state index contributed by atoms with van der Waals surface area (Å²) in [5.41, 5.74) is 5.89. The lowest BCUT2D eigenvalue weighted by Crippen LogP contribution is -2.63. The Morgan fingerprint density at radius 1 is 0.506 bits per heavy atom. The van der Waals surface area contributed by atoms with Gasteiger partial charge in [0.15, 0.2) is 0 Å². The summed E-state index contributed by atoms with van der Waals surface area (Å²) in [6.45, 7) is 27.0. The van der Waals surface area contributed by atoms with Crippen LogP contribution in [0, 0.1) is 18.8 Å². The van der Waals surface area contributed by atoms with Gasteiger partial charge in [0.1, 0.15) is 0 Å². The van der Waals surface area contributed by atoms with E-state index >= 15 is 0 Å². The van der Waals surface area contributed by atoms with Gasteiger partial charge in [0.05, 0.1) is 11.8 Å². The Kier molecular flexibility index (Phi) is 21.5. The molecule has 2 saturated carbocycles. The van der Waals surface area contributed by atoms with E-state index in [0.717, 1.165) is 133 Å². The normalized spacial score (nSPS) is 23.5. The van der Waals surface area contributed by atoms with Crippen LogP contribution in [0.25, 0.3) is 0 Å². The van der Waals surface area contributed by atoms with Gasteiger partial charge in [-0.1, -0.05) is 116 Å². The molecule has 3 aromatic carbocycles. The zero-order chi connectivity index (χ0) is 58.8. The van der Waals surface area contributed by atoms with Crippen molar-refractivity contribution in [2.24, 2.45) is 11.8 Å². The number of aryl methyl sites for hydroxylation is 1. The van der Waals surface area contributed by atoms with E-state index in [0.29, 0.717) is 31.1 Å². The molecule has 15 heteroatoms. The molecule has 4 aliphatic heterocycles. The van der Waals surface area contributed by atoms with E-state index in [1.165, 1.54) is 60.8 Å². The number of carbonyl (C=O) groups excluding carboxylic acids is 4. The summed E-state index contributed by atoms with van der Waals surface area (Å²) in [5.74, 6) is 1.12. The molecular formula is C68H95Cl2N9O4. The van der Waals surface area contributed by atoms with Gasteiger partial charge in [0.2, 0.25) is 23.6 Å². The van der Waals surface area contributed by atoms with Gasteiger partial charge in [-0.15, -0.1) is 0 Å². The SMILES string of the molecule is CC(=O)N(Cc1ccc(C)cc1)CC1(N2CCN(C(=O)[C@H]3CN(C(C)C)C[C@@H]3c3ccc(Cl)cc3)CC2)CCCCC1.CC(=O)N(Cc1ccncc1)CC1(N2CCN(C(=O)[C@H]3CN(C(C)C)C[C@@H]3c3ccc(Cl)cc3)CC2)CCCCC1. The molecule has 5 heterocycles. The molecule has 0 spiro atoms. The highest BCUT2D eigenvalue weighted by molar-refractivity contribution is 6.30. The predicted molar refractivity (Wildman–Crippen MR) is 334 cm³/mol. The van der Waals surface area contributed by atoms with Crippen molar-refractivity contribution in [1.82, 2.24) is 44.2 Å². The average Bonchev–Trinajstić information content (AvgIpc) is 4.40. The Morgan fingerprint density at radius 3 is 1.22 bits per heavy atom. The largest absolute Gasteiger partial charge is 0.340 e. The van der Waals surface area contributed by atoms with Crippen LogP contribution >= 0.6 is 23.2 Å². The van der Waals surface area contributed by atoms with Crippen molar-refractivity contribution in [2.75, 3.05) is 91.6 Å². The molecule has 450 valence electrons. The number of hydrogen-bond donors (Lipinski definition) is 0. The number of rotatable bonds is 16. The molecule has 83 heavy (non-hydrogen) atoms. The van der Waals surface area contributed by atoms with Crippen molar-refractivity contribution in [2.45, 2.75) is 161 Å². The average molecular weight is 1170 g/mol. The molecule has 0 radical (unpaired) electrons. The number of pyridine rings is 1. The standard InChI is InChI=1S/C35H49ClN4O2.C33H46ClN5O2/c1-26(2)38-23-32(30-12-14-31(36)15-13-30)33(24-38)34(42)37-18-20-40(21-19-37)35(16-6-5-7-17-35)25-39(28(4)41)22-29-10-8-27(3)9-11-29;1-25(2)37-22-30(28-7-9-29(34)10-8-28)31(23-37)32(41)36-17-19-39(20-18-36)33(13-5-4-6-14-33)24-38(26(3)40)21-27-11-15-35-16-12-27/h8-15,26,32-33H,5-7,16-25H2,1-4H3;7-12,15-16,25,30-31H,4-6,13-14,17-24H2,1-3H3/t32-,33+;30-,31+/m11/s1. The molecule has 4 saturated heterocycles. The summed E-state index contributed by atoms with van der Waals surface area (Å²) in [4.78, 5) is 76.4. The van der Waals surface area contributed by atoms with Crippen molar-refractivity contribution in [3.63, 3.8) is 0 Å². The first-order chi connectivity index (χ1) is 39.9. The molecule has 0 unspecified atom stereocenters. The van der Waals surface area contributed by atoms with Crippen LogP contribution in [0.2, 0.25) is 10.0 Å². The monoisotopic (exact) mass is 1170 g/mol. The Balaban J connectivity index is 0.000000200. The fourth-order valence-corrected chi connectivity index (χ4v) is 15.1. The molecule has 4 amide bonds. The molecule has 4 aromatic rings. The number of carbonyl (C=O) groups is 4. The van der Waals surface area contributed by atoms with Gasteiger partial charge in [0, 0.05) is 176 Å². The first-order valence-electron chi connectivity index (χ1n) is 31.4. The number of aromatic nitrogens is 1. The van der Waals surface area contributed by atoms with Crippen LogP contribution in [0.4, 0.5) is 0 Å². The van der Waals surface area contributed by atoms with E-state index in [1.807, 2.05) is 41.3 Å².